The SMILES string of the molecule is CCC(C)C(=O)CCCC=Cc1ccc(OS(=O)(=O)C(F)(F)C(F)(F)C(F)(F)S(=O)(=O)O)cc1. The molecule has 0 aliphatic rings. The Balaban J connectivity index is 2.91. The fourth-order valence-corrected chi connectivity index (χ4v) is 3.82. The minimum Gasteiger partial charge on any atom is -0.378 e. The van der Waals surface area contributed by atoms with Gasteiger partial charge in [-0.1, -0.05) is 38.1 Å². The van der Waals surface area contributed by atoms with Crippen LogP contribution in [0.4, 0.5) is 26.3 Å². The van der Waals surface area contributed by atoms with Gasteiger partial charge in [0.25, 0.3) is 0 Å². The molecule has 1 aromatic rings. The summed E-state index contributed by atoms with van der Waals surface area (Å²) in [4.78, 5) is 11.7. The number of halogens is 6. The van der Waals surface area contributed by atoms with Crippen LogP contribution >= 0.6 is 0 Å². The largest absolute Gasteiger partial charge is 0.450 e. The Kier molecular flexibility index (Phi) is 9.36. The second-order valence-electron chi connectivity index (χ2n) is 7.26. The zero-order valence-corrected chi connectivity index (χ0v) is 19.5. The highest BCUT2D eigenvalue weighted by atomic mass is 32.2. The molecule has 7 nitrogen and oxygen atoms in total. The number of hydrogen-bond acceptors (Lipinski definition) is 6. The zero-order valence-electron chi connectivity index (χ0n) is 17.9. The molecule has 0 saturated carbocycles. The summed E-state index contributed by atoms with van der Waals surface area (Å²) < 4.78 is 137. The molecule has 34 heavy (non-hydrogen) atoms. The number of benzene rings is 1. The standard InChI is InChI=1S/C19H22F6O7S2/c1-3-13(2)16(26)8-6-4-5-7-14-9-11-15(12-10-14)32-34(30,31)19(24,25)17(20,21)18(22,23)33(27,28)29/h5,7,9-13H,3-4,6,8H2,1-2H3,(H,27,28,29). The molecule has 0 aromatic heterocycles. The van der Waals surface area contributed by atoms with Gasteiger partial charge in [-0.05, 0) is 37.0 Å². The topological polar surface area (TPSA) is 115 Å². The van der Waals surface area contributed by atoms with E-state index in [1.165, 1.54) is 6.08 Å². The molecule has 0 radical (unpaired) electrons. The number of carbonyl (C=O) groups is 1. The van der Waals surface area contributed by atoms with Crippen molar-refractivity contribution in [1.82, 2.24) is 0 Å². The maximum atomic E-state index is 13.8. The van der Waals surface area contributed by atoms with Gasteiger partial charge in [-0.2, -0.15) is 43.2 Å². The average Bonchev–Trinajstić information content (AvgIpc) is 2.72. The Labute approximate surface area is 192 Å². The molecule has 0 amide bonds. The van der Waals surface area contributed by atoms with Gasteiger partial charge < -0.3 is 4.18 Å². The summed E-state index contributed by atoms with van der Waals surface area (Å²) in [6, 6.07) is 3.79. The van der Waals surface area contributed by atoms with Crippen LogP contribution in [0.1, 0.15) is 45.1 Å². The van der Waals surface area contributed by atoms with E-state index in [0.29, 0.717) is 24.8 Å². The molecule has 1 atom stereocenters. The number of carbonyl (C=O) groups excluding carboxylic acids is 1. The Morgan fingerprint density at radius 2 is 1.56 bits per heavy atom. The normalized spacial score (nSPS) is 14.9. The lowest BCUT2D eigenvalue weighted by Crippen LogP contribution is -2.61. The lowest BCUT2D eigenvalue weighted by Gasteiger charge is -2.29. The van der Waals surface area contributed by atoms with Crippen molar-refractivity contribution in [2.24, 2.45) is 5.92 Å². The molecule has 0 saturated heterocycles. The molecule has 0 heterocycles. The molecule has 194 valence electrons. The predicted octanol–water partition coefficient (Wildman–Crippen LogP) is 4.90. The Bertz CT molecular complexity index is 1100. The number of allylic oxidation sites excluding steroid dienone is 1. The highest BCUT2D eigenvalue weighted by molar-refractivity contribution is 7.88. The van der Waals surface area contributed by atoms with Gasteiger partial charge in [-0.3, -0.25) is 9.35 Å². The number of hydrogen-bond donors (Lipinski definition) is 1. The fourth-order valence-electron chi connectivity index (χ4n) is 2.39. The zero-order chi connectivity index (χ0) is 26.6. The first kappa shape index (κ1) is 29.9. The van der Waals surface area contributed by atoms with E-state index >= 15 is 0 Å². The summed E-state index contributed by atoms with van der Waals surface area (Å²) in [5.74, 6) is -7.96. The lowest BCUT2D eigenvalue weighted by molar-refractivity contribution is -0.247. The number of ketones is 1. The summed E-state index contributed by atoms with van der Waals surface area (Å²) in [5, 5.41) is -13.6. The molecule has 0 fully saturated rings. The van der Waals surface area contributed by atoms with Crippen molar-refractivity contribution in [2.45, 2.75) is 56.0 Å². The number of unbranched alkanes of at least 4 members (excludes halogenated alkanes) is 1. The third-order valence-electron chi connectivity index (χ3n) is 4.72. The van der Waals surface area contributed by atoms with Crippen LogP contribution in [0.2, 0.25) is 0 Å². The van der Waals surface area contributed by atoms with E-state index in [2.05, 4.69) is 4.18 Å². The maximum Gasteiger partial charge on any atom is 0.450 e. The van der Waals surface area contributed by atoms with Gasteiger partial charge in [0.2, 0.25) is 0 Å². The van der Waals surface area contributed by atoms with Crippen LogP contribution in [0, 0.1) is 5.92 Å². The predicted molar refractivity (Wildman–Crippen MR) is 110 cm³/mol. The van der Waals surface area contributed by atoms with E-state index in [4.69, 9.17) is 4.55 Å². The smallest absolute Gasteiger partial charge is 0.378 e. The lowest BCUT2D eigenvalue weighted by atomic mass is 9.99. The monoisotopic (exact) mass is 540 g/mol. The van der Waals surface area contributed by atoms with Crippen LogP contribution in [0.25, 0.3) is 6.08 Å². The first-order valence-electron chi connectivity index (χ1n) is 9.65. The second kappa shape index (κ2) is 10.6. The van der Waals surface area contributed by atoms with Crippen LogP contribution in [0.15, 0.2) is 30.3 Å². The van der Waals surface area contributed by atoms with Crippen molar-refractivity contribution >= 4 is 32.1 Å². The highest BCUT2D eigenvalue weighted by Crippen LogP contribution is 2.50. The third kappa shape index (κ3) is 6.30. The number of alkyl halides is 6. The fraction of sp³-hybridized carbons (Fsp3) is 0.526. The Morgan fingerprint density at radius 1 is 1.03 bits per heavy atom. The molecule has 0 aliphatic heterocycles. The molecule has 1 N–H and O–H groups in total. The molecular weight excluding hydrogens is 518 g/mol. The molecule has 0 bridgehead atoms. The van der Waals surface area contributed by atoms with Crippen LogP contribution in [0.5, 0.6) is 5.75 Å². The van der Waals surface area contributed by atoms with E-state index in [0.717, 1.165) is 30.7 Å². The van der Waals surface area contributed by atoms with Crippen LogP contribution in [0.3, 0.4) is 0 Å². The van der Waals surface area contributed by atoms with E-state index in [1.54, 1.807) is 6.08 Å². The van der Waals surface area contributed by atoms with Crippen molar-refractivity contribution in [3.05, 3.63) is 35.9 Å². The van der Waals surface area contributed by atoms with Crippen molar-refractivity contribution in [3.63, 3.8) is 0 Å². The van der Waals surface area contributed by atoms with E-state index in [1.807, 2.05) is 13.8 Å². The van der Waals surface area contributed by atoms with E-state index in [9.17, 15) is 48.0 Å². The van der Waals surface area contributed by atoms with Gasteiger partial charge in [0, 0.05) is 12.3 Å². The summed E-state index contributed by atoms with van der Waals surface area (Å²) in [6.07, 6.45) is 5.38. The molecule has 0 spiro atoms. The second-order valence-corrected chi connectivity index (χ2v) is 10.3. The minimum atomic E-state index is -7.12. The highest BCUT2D eigenvalue weighted by Gasteiger charge is 2.83. The maximum absolute atomic E-state index is 13.8. The summed E-state index contributed by atoms with van der Waals surface area (Å²) in [5.41, 5.74) is 0.396. The molecule has 0 aliphatic carbocycles. The first-order chi connectivity index (χ1) is 15.3. The number of rotatable bonds is 13. The summed E-state index contributed by atoms with van der Waals surface area (Å²) >= 11 is 0. The van der Waals surface area contributed by atoms with Crippen molar-refractivity contribution in [1.29, 1.82) is 0 Å². The van der Waals surface area contributed by atoms with E-state index < -0.39 is 42.4 Å². The quantitative estimate of drug-likeness (QED) is 0.164. The third-order valence-corrected chi connectivity index (χ3v) is 6.92. The van der Waals surface area contributed by atoms with Gasteiger partial charge in [0.1, 0.15) is 11.5 Å². The summed E-state index contributed by atoms with van der Waals surface area (Å²) in [6.45, 7) is 3.71. The Morgan fingerprint density at radius 3 is 2.03 bits per heavy atom. The molecular formula is C19H22F6O7S2. The van der Waals surface area contributed by atoms with Gasteiger partial charge in [-0.25, -0.2) is 0 Å². The summed E-state index contributed by atoms with van der Waals surface area (Å²) in [7, 11) is -14.0. The Hall–Kier alpha value is -2.13. The van der Waals surface area contributed by atoms with Gasteiger partial charge in [-0.15, -0.1) is 0 Å². The van der Waals surface area contributed by atoms with Crippen LogP contribution < -0.4 is 4.18 Å². The van der Waals surface area contributed by atoms with Crippen molar-refractivity contribution in [3.8, 4) is 5.75 Å². The van der Waals surface area contributed by atoms with Crippen molar-refractivity contribution < 1.29 is 56.7 Å². The van der Waals surface area contributed by atoms with Gasteiger partial charge in [0.15, 0.2) is 0 Å². The number of Topliss-reactive ketones (excluding diaryl/α,β-unsaturated/α-hetero) is 1. The molecule has 1 aromatic carbocycles. The first-order valence-corrected chi connectivity index (χ1v) is 12.5. The van der Waals surface area contributed by atoms with E-state index in [-0.39, 0.29) is 11.7 Å². The average molecular weight is 541 g/mol. The van der Waals surface area contributed by atoms with Gasteiger partial charge >= 0.3 is 36.7 Å². The van der Waals surface area contributed by atoms with Crippen LogP contribution in [-0.4, -0.2) is 43.6 Å². The molecule has 15 heteroatoms. The van der Waals surface area contributed by atoms with Crippen molar-refractivity contribution in [2.75, 3.05) is 0 Å². The minimum absolute atomic E-state index is 0.0422. The molecule has 1 unspecified atom stereocenters. The van der Waals surface area contributed by atoms with Crippen LogP contribution in [-0.2, 0) is 25.0 Å². The molecule has 1 rings (SSSR count). The van der Waals surface area contributed by atoms with Gasteiger partial charge in [0.05, 0.1) is 0 Å².